The molecule has 0 fully saturated rings. The summed E-state index contributed by atoms with van der Waals surface area (Å²) in [5, 5.41) is 0. The Kier molecular flexibility index (Phi) is 2.82. The summed E-state index contributed by atoms with van der Waals surface area (Å²) in [7, 11) is 17.1. The van der Waals surface area contributed by atoms with Crippen LogP contribution in [0.1, 0.15) is 0 Å². The number of rotatable bonds is 0. The van der Waals surface area contributed by atoms with Gasteiger partial charge in [0.05, 0.1) is 0 Å². The van der Waals surface area contributed by atoms with E-state index in [9.17, 15) is 0 Å². The van der Waals surface area contributed by atoms with Crippen molar-refractivity contribution < 1.29 is 0 Å². The minimum atomic E-state index is -2.86. The van der Waals surface area contributed by atoms with Gasteiger partial charge in [-0.05, 0) is 0 Å². The molecule has 0 aromatic carbocycles. The molecule has 0 amide bonds. The Hall–Kier alpha value is 1.68. The normalized spacial score (nSPS) is 15.2. The van der Waals surface area contributed by atoms with Crippen LogP contribution in [0.15, 0.2) is 0 Å². The summed E-state index contributed by atoms with van der Waals surface area (Å²) in [6.45, 7) is 0. The van der Waals surface area contributed by atoms with Crippen molar-refractivity contribution in [3.63, 3.8) is 0 Å². The van der Waals surface area contributed by atoms with E-state index in [0.29, 0.717) is 0 Å². The Balaban J connectivity index is 3.02. The van der Waals surface area contributed by atoms with Crippen LogP contribution in [0.4, 0.5) is 0 Å². The van der Waals surface area contributed by atoms with Gasteiger partial charge in [-0.3, -0.25) is 0 Å². The van der Waals surface area contributed by atoms with Crippen LogP contribution >= 0.6 is 40.4 Å². The molecule has 0 aromatic rings. The van der Waals surface area contributed by atoms with Crippen molar-refractivity contribution in [2.75, 3.05) is 0 Å². The Labute approximate surface area is 49.5 Å². The molecule has 0 rings (SSSR count). The molecule has 34 valence electrons. The molecule has 0 saturated heterocycles. The van der Waals surface area contributed by atoms with Gasteiger partial charge in [-0.2, -0.15) is 0 Å². The number of hydrogen-bond acceptors (Lipinski definition) is 0. The van der Waals surface area contributed by atoms with Gasteiger partial charge in [-0.25, -0.2) is 0 Å². The van der Waals surface area contributed by atoms with Gasteiger partial charge in [0.2, 0.25) is 0 Å². The van der Waals surface area contributed by atoms with E-state index in [1.54, 1.807) is 0 Å². The van der Waals surface area contributed by atoms with Gasteiger partial charge in [0.25, 0.3) is 0 Å². The zero-order valence-corrected chi connectivity index (χ0v) is 6.66. The molecule has 0 saturated carbocycles. The van der Waals surface area contributed by atoms with E-state index in [0.717, 1.165) is 0 Å². The second kappa shape index (κ2) is 2.11. The third-order valence-electron chi connectivity index (χ3n) is 0. The third kappa shape index (κ3) is 27.3. The van der Waals surface area contributed by atoms with Gasteiger partial charge in [0.1, 0.15) is 0 Å². The Morgan fingerprint density at radius 3 is 0.800 bits per heavy atom. The van der Waals surface area contributed by atoms with Gasteiger partial charge < -0.3 is 0 Å². The molecule has 0 heterocycles. The SMILES string of the molecule is Cl[Se](Cl)(Cl)Cl. The van der Waals surface area contributed by atoms with Crippen molar-refractivity contribution in [3.05, 3.63) is 0 Å². The van der Waals surface area contributed by atoms with E-state index in [1.807, 2.05) is 0 Å². The van der Waals surface area contributed by atoms with Crippen molar-refractivity contribution in [2.45, 2.75) is 0 Å². The molecule has 0 spiro atoms. The summed E-state index contributed by atoms with van der Waals surface area (Å²) in [6, 6.07) is 0. The predicted molar refractivity (Wildman–Crippen MR) is 29.2 cm³/mol. The minimum absolute atomic E-state index is 2.86. The van der Waals surface area contributed by atoms with E-state index in [1.165, 1.54) is 0 Å². The molecule has 0 unspecified atom stereocenters. The van der Waals surface area contributed by atoms with Crippen LogP contribution in [0.3, 0.4) is 0 Å². The van der Waals surface area contributed by atoms with Crippen molar-refractivity contribution >= 4 is 49.6 Å². The molecule has 0 N–H and O–H groups in total. The van der Waals surface area contributed by atoms with Crippen LogP contribution in [0.5, 0.6) is 0 Å². The maximum atomic E-state index is 4.98. The van der Waals surface area contributed by atoms with E-state index >= 15 is 0 Å². The first-order chi connectivity index (χ1) is 2.00. The monoisotopic (exact) mass is 220 g/mol. The van der Waals surface area contributed by atoms with Crippen molar-refractivity contribution in [1.82, 2.24) is 0 Å². The average Bonchev–Trinajstić information content (AvgIpc) is 0.722. The molecule has 0 nitrogen and oxygen atoms in total. The summed E-state index contributed by atoms with van der Waals surface area (Å²) >= 11 is 0. The van der Waals surface area contributed by atoms with Gasteiger partial charge >= 0.3 is 49.6 Å². The molecule has 5 heavy (non-hydrogen) atoms. The van der Waals surface area contributed by atoms with Crippen LogP contribution in [0.2, 0.25) is 0 Å². The van der Waals surface area contributed by atoms with E-state index in [4.69, 9.17) is 40.4 Å². The fourth-order valence-corrected chi connectivity index (χ4v) is 0. The first kappa shape index (κ1) is 6.68. The Bertz CT molecular complexity index is 19.1. The van der Waals surface area contributed by atoms with Crippen molar-refractivity contribution in [3.8, 4) is 0 Å². The van der Waals surface area contributed by atoms with Crippen molar-refractivity contribution in [1.29, 1.82) is 0 Å². The topological polar surface area (TPSA) is 0 Å². The van der Waals surface area contributed by atoms with Crippen molar-refractivity contribution in [2.24, 2.45) is 0 Å². The standard InChI is InChI=1S/Cl4Se/c1-5(2,3)4. The number of halogens is 4. The molecule has 0 aliphatic heterocycles. The molecule has 0 radical (unpaired) electrons. The summed E-state index contributed by atoms with van der Waals surface area (Å²) in [5.41, 5.74) is 0. The molecule has 0 aliphatic carbocycles. The molecular weight excluding hydrogens is 221 g/mol. The first-order valence-corrected chi connectivity index (χ1v) is 9.62. The van der Waals surface area contributed by atoms with E-state index in [-0.39, 0.29) is 0 Å². The second-order valence-electron chi connectivity index (χ2n) is 0.350. The summed E-state index contributed by atoms with van der Waals surface area (Å²) in [4.78, 5) is 0. The molecule has 0 aliphatic rings. The van der Waals surface area contributed by atoms with Crippen LogP contribution in [0, 0.1) is 0 Å². The van der Waals surface area contributed by atoms with E-state index < -0.39 is 9.20 Å². The van der Waals surface area contributed by atoms with Crippen LogP contribution in [0.25, 0.3) is 0 Å². The quantitative estimate of drug-likeness (QED) is 0.550. The fraction of sp³-hybridized carbons (Fsp3) is 0. The predicted octanol–water partition coefficient (Wildman–Crippen LogP) is 2.38. The zero-order chi connectivity index (χ0) is 4.50. The second-order valence-corrected chi connectivity index (χ2v) is 16.4. The summed E-state index contributed by atoms with van der Waals surface area (Å²) in [5.74, 6) is 0. The molecular formula is Cl4Se. The summed E-state index contributed by atoms with van der Waals surface area (Å²) < 4.78 is 0. The van der Waals surface area contributed by atoms with E-state index in [2.05, 4.69) is 0 Å². The Morgan fingerprint density at radius 1 is 0.800 bits per heavy atom. The van der Waals surface area contributed by atoms with Gasteiger partial charge in [-0.15, -0.1) is 0 Å². The number of hydrogen-bond donors (Lipinski definition) is 0. The molecule has 0 atom stereocenters. The van der Waals surface area contributed by atoms with Crippen LogP contribution < -0.4 is 0 Å². The maximum absolute atomic E-state index is 4.98. The molecule has 0 aromatic heterocycles. The van der Waals surface area contributed by atoms with Gasteiger partial charge in [0, 0.05) is 0 Å². The van der Waals surface area contributed by atoms with Gasteiger partial charge in [-0.1, -0.05) is 0 Å². The van der Waals surface area contributed by atoms with Gasteiger partial charge in [0.15, 0.2) is 0 Å². The average molecular weight is 221 g/mol. The van der Waals surface area contributed by atoms with Crippen LogP contribution in [-0.4, -0.2) is 9.20 Å². The first-order valence-electron chi connectivity index (χ1n) is 0.617. The summed E-state index contributed by atoms with van der Waals surface area (Å²) in [6.07, 6.45) is 0. The molecule has 5 heteroatoms. The Morgan fingerprint density at radius 2 is 0.800 bits per heavy atom. The molecule has 0 bridgehead atoms. The van der Waals surface area contributed by atoms with Crippen LogP contribution in [-0.2, 0) is 0 Å². The zero-order valence-electron chi connectivity index (χ0n) is 1.92. The third-order valence-corrected chi connectivity index (χ3v) is 0. The fourth-order valence-electron chi connectivity index (χ4n) is 0.